The third-order valence-electron chi connectivity index (χ3n) is 3.95. The fraction of sp³-hybridized carbons (Fsp3) is 0.143. The highest BCUT2D eigenvalue weighted by Crippen LogP contribution is 2.63. The molecule has 0 aliphatic carbocycles. The molecule has 23 heavy (non-hydrogen) atoms. The molecule has 2 aromatic carbocycles. The molecular weight excluding hydrogens is 298 g/mol. The zero-order valence-electron chi connectivity index (χ0n) is 13.7. The number of hydrogen-bond acceptors (Lipinski definition) is 1. The fourth-order valence-corrected chi connectivity index (χ4v) is 6.01. The number of allylic oxidation sites excluding steroid dienone is 3. The van der Waals surface area contributed by atoms with Crippen LogP contribution in [-0.4, -0.2) is 6.54 Å². The lowest BCUT2D eigenvalue weighted by atomic mass is 10.1. The summed E-state index contributed by atoms with van der Waals surface area (Å²) in [5.41, 5.74) is 3.87. The second-order valence-electron chi connectivity index (χ2n) is 5.47. The van der Waals surface area contributed by atoms with Crippen molar-refractivity contribution >= 4 is 20.7 Å². The Balaban J connectivity index is 2.05. The lowest BCUT2D eigenvalue weighted by Crippen LogP contribution is -2.17. The van der Waals surface area contributed by atoms with Crippen molar-refractivity contribution in [1.29, 1.82) is 0 Å². The van der Waals surface area contributed by atoms with E-state index < -0.39 is 10.2 Å². The number of nitrogens with one attached hydrogen (secondary N) is 1. The molecule has 1 heterocycles. The average molecular weight is 321 g/mol. The van der Waals surface area contributed by atoms with Crippen LogP contribution in [0.1, 0.15) is 25.0 Å². The van der Waals surface area contributed by atoms with E-state index in [2.05, 4.69) is 102 Å². The van der Waals surface area contributed by atoms with Crippen molar-refractivity contribution in [2.24, 2.45) is 0 Å². The molecule has 1 unspecified atom stereocenters. The van der Waals surface area contributed by atoms with Crippen LogP contribution in [0.25, 0.3) is 10.5 Å². The predicted octanol–water partition coefficient (Wildman–Crippen LogP) is 5.94. The monoisotopic (exact) mass is 321 g/mol. The maximum absolute atomic E-state index is 3.76. The van der Waals surface area contributed by atoms with Gasteiger partial charge in [0, 0.05) is 11.4 Å². The Morgan fingerprint density at radius 2 is 1.65 bits per heavy atom. The van der Waals surface area contributed by atoms with Gasteiger partial charge in [-0.25, -0.2) is 0 Å². The Labute approximate surface area is 140 Å². The molecule has 3 rings (SSSR count). The minimum atomic E-state index is -1.28. The quantitative estimate of drug-likeness (QED) is 0.718. The van der Waals surface area contributed by atoms with E-state index in [0.29, 0.717) is 0 Å². The minimum Gasteiger partial charge on any atom is -0.271 e. The summed E-state index contributed by atoms with van der Waals surface area (Å²) in [6, 6.07) is 21.3. The van der Waals surface area contributed by atoms with Crippen LogP contribution in [0.2, 0.25) is 0 Å². The van der Waals surface area contributed by atoms with Gasteiger partial charge < -0.3 is 0 Å². The van der Waals surface area contributed by atoms with E-state index in [1.165, 1.54) is 21.6 Å². The molecule has 1 nitrogen and oxygen atoms in total. The van der Waals surface area contributed by atoms with Crippen molar-refractivity contribution in [3.63, 3.8) is 0 Å². The van der Waals surface area contributed by atoms with E-state index in [-0.39, 0.29) is 0 Å². The van der Waals surface area contributed by atoms with E-state index in [4.69, 9.17) is 0 Å². The van der Waals surface area contributed by atoms with Gasteiger partial charge in [-0.3, -0.25) is 4.72 Å². The molecule has 1 atom stereocenters. The van der Waals surface area contributed by atoms with Gasteiger partial charge in [0.25, 0.3) is 0 Å². The second-order valence-corrected chi connectivity index (χ2v) is 8.12. The lowest BCUT2D eigenvalue weighted by Gasteiger charge is -2.35. The summed E-state index contributed by atoms with van der Waals surface area (Å²) in [4.78, 5) is 1.38. The van der Waals surface area contributed by atoms with Crippen LogP contribution >= 0.6 is 10.2 Å². The summed E-state index contributed by atoms with van der Waals surface area (Å²) in [5, 5.41) is 4.79. The highest BCUT2D eigenvalue weighted by molar-refractivity contribution is 8.44. The molecule has 0 amide bonds. The van der Waals surface area contributed by atoms with Crippen LogP contribution in [0.3, 0.4) is 0 Å². The van der Waals surface area contributed by atoms with Gasteiger partial charge in [0.2, 0.25) is 0 Å². The largest absolute Gasteiger partial charge is 0.271 e. The molecule has 1 aliphatic heterocycles. The molecule has 1 N–H and O–H groups in total. The van der Waals surface area contributed by atoms with E-state index in [1.54, 1.807) is 0 Å². The van der Waals surface area contributed by atoms with Crippen LogP contribution < -0.4 is 4.72 Å². The summed E-state index contributed by atoms with van der Waals surface area (Å²) < 4.78 is 3.76. The van der Waals surface area contributed by atoms with E-state index >= 15 is 0 Å². The zero-order chi connectivity index (χ0) is 16.1. The van der Waals surface area contributed by atoms with Crippen LogP contribution in [-0.2, 0) is 0 Å². The van der Waals surface area contributed by atoms with E-state index in [9.17, 15) is 0 Å². The fourth-order valence-electron chi connectivity index (χ4n) is 2.96. The SMILES string of the molecule is CC=C(c1ccccc1)S1(NCC)C=CC(c2ccccc2)=C1. The number of rotatable bonds is 5. The molecule has 0 aromatic heterocycles. The first-order valence-corrected chi connectivity index (χ1v) is 9.80. The molecule has 0 fully saturated rings. The Morgan fingerprint density at radius 1 is 1.00 bits per heavy atom. The van der Waals surface area contributed by atoms with Crippen molar-refractivity contribution in [2.45, 2.75) is 13.8 Å². The van der Waals surface area contributed by atoms with Crippen molar-refractivity contribution in [3.8, 4) is 0 Å². The van der Waals surface area contributed by atoms with Crippen molar-refractivity contribution < 1.29 is 0 Å². The number of hydrogen-bond donors (Lipinski definition) is 1. The molecular formula is C21H23NS. The van der Waals surface area contributed by atoms with Crippen molar-refractivity contribution in [3.05, 3.63) is 94.8 Å². The third-order valence-corrected chi connectivity index (χ3v) is 7.11. The minimum absolute atomic E-state index is 0.947. The lowest BCUT2D eigenvalue weighted by molar-refractivity contribution is 1.03. The van der Waals surface area contributed by atoms with Crippen molar-refractivity contribution in [2.75, 3.05) is 6.54 Å². The average Bonchev–Trinajstić information content (AvgIpc) is 3.03. The Morgan fingerprint density at radius 3 is 2.26 bits per heavy atom. The molecule has 0 saturated heterocycles. The standard InChI is InChI=1S/C21H23NS/c1-3-21(19-13-9-6-10-14-19)23(22-4-2)16-15-20(17-23)18-11-7-5-8-12-18/h3,5-17,22H,4H2,1-2H3. The highest BCUT2D eigenvalue weighted by Gasteiger charge is 2.27. The Hall–Kier alpha value is -2.03. The molecule has 2 heteroatoms. The maximum Gasteiger partial charge on any atom is 0.0127 e. The van der Waals surface area contributed by atoms with Crippen molar-refractivity contribution in [1.82, 2.24) is 4.72 Å². The Kier molecular flexibility index (Phi) is 4.85. The van der Waals surface area contributed by atoms with E-state index in [0.717, 1.165) is 6.54 Å². The highest BCUT2D eigenvalue weighted by atomic mass is 32.3. The molecule has 0 saturated carbocycles. The summed E-state index contributed by atoms with van der Waals surface area (Å²) in [6.45, 7) is 5.26. The normalized spacial score (nSPS) is 23.4. The van der Waals surface area contributed by atoms with E-state index in [1.807, 2.05) is 0 Å². The summed E-state index contributed by atoms with van der Waals surface area (Å²) in [7, 11) is -1.28. The van der Waals surface area contributed by atoms with Gasteiger partial charge >= 0.3 is 0 Å². The predicted molar refractivity (Wildman–Crippen MR) is 105 cm³/mol. The van der Waals surface area contributed by atoms with Gasteiger partial charge in [0.05, 0.1) is 0 Å². The first kappa shape index (κ1) is 15.9. The van der Waals surface area contributed by atoms with Gasteiger partial charge in [-0.1, -0.05) is 73.7 Å². The van der Waals surface area contributed by atoms with Gasteiger partial charge in [-0.15, -0.1) is 10.2 Å². The van der Waals surface area contributed by atoms with Gasteiger partial charge in [0.1, 0.15) is 0 Å². The van der Waals surface area contributed by atoms with Crippen LogP contribution in [0.15, 0.2) is 83.6 Å². The molecule has 0 bridgehead atoms. The summed E-state index contributed by atoms with van der Waals surface area (Å²) >= 11 is 0. The third kappa shape index (κ3) is 3.19. The molecule has 0 radical (unpaired) electrons. The van der Waals surface area contributed by atoms with Gasteiger partial charge in [-0.2, -0.15) is 0 Å². The summed E-state index contributed by atoms with van der Waals surface area (Å²) in [6.07, 6.45) is 4.52. The molecule has 2 aromatic rings. The smallest absolute Gasteiger partial charge is 0.0127 e. The zero-order valence-corrected chi connectivity index (χ0v) is 14.5. The van der Waals surface area contributed by atoms with Gasteiger partial charge in [-0.05, 0) is 40.5 Å². The maximum atomic E-state index is 3.76. The van der Waals surface area contributed by atoms with Crippen LogP contribution in [0.5, 0.6) is 0 Å². The van der Waals surface area contributed by atoms with Crippen LogP contribution in [0, 0.1) is 0 Å². The molecule has 118 valence electrons. The van der Waals surface area contributed by atoms with Crippen LogP contribution in [0.4, 0.5) is 0 Å². The Bertz CT molecular complexity index is 744. The topological polar surface area (TPSA) is 12.0 Å². The summed E-state index contributed by atoms with van der Waals surface area (Å²) in [5.74, 6) is 0. The molecule has 1 aliphatic rings. The first-order valence-electron chi connectivity index (χ1n) is 8.04. The second kappa shape index (κ2) is 7.03. The molecule has 0 spiro atoms. The first-order chi connectivity index (χ1) is 11.3. The number of benzene rings is 2. The van der Waals surface area contributed by atoms with Gasteiger partial charge in [0.15, 0.2) is 0 Å².